The Labute approximate surface area is 278 Å². The third-order valence-electron chi connectivity index (χ3n) is 6.50. The van der Waals surface area contributed by atoms with Gasteiger partial charge in [-0.15, -0.1) is 0 Å². The van der Waals surface area contributed by atoms with E-state index in [2.05, 4.69) is 25.1 Å². The first-order valence-electron chi connectivity index (χ1n) is 14.8. The summed E-state index contributed by atoms with van der Waals surface area (Å²) in [6.45, 7) is 3.11. The number of amides is 3. The Balaban J connectivity index is 2.01. The van der Waals surface area contributed by atoms with Crippen molar-refractivity contribution in [1.82, 2.24) is 15.6 Å². The van der Waals surface area contributed by atoms with E-state index >= 15 is 0 Å². The van der Waals surface area contributed by atoms with Crippen LogP contribution in [0.5, 0.6) is 11.5 Å². The highest BCUT2D eigenvalue weighted by molar-refractivity contribution is 5.97. The number of hydrogen-bond acceptors (Lipinski definition) is 10. The van der Waals surface area contributed by atoms with Gasteiger partial charge in [0.05, 0.1) is 19.8 Å². The normalized spacial score (nSPS) is 12.5. The van der Waals surface area contributed by atoms with Crippen LogP contribution in [0.2, 0.25) is 0 Å². The van der Waals surface area contributed by atoms with E-state index in [1.165, 1.54) is 26.2 Å². The van der Waals surface area contributed by atoms with Gasteiger partial charge in [-0.25, -0.2) is 18.6 Å². The maximum atomic E-state index is 14.6. The van der Waals surface area contributed by atoms with Gasteiger partial charge in [0.2, 0.25) is 11.8 Å². The predicted octanol–water partition coefficient (Wildman–Crippen LogP) is 5.49. The van der Waals surface area contributed by atoms with E-state index in [0.29, 0.717) is 18.9 Å². The van der Waals surface area contributed by atoms with Crippen molar-refractivity contribution in [2.24, 2.45) is 5.73 Å². The lowest BCUT2D eigenvalue weighted by atomic mass is 10.0. The topological polar surface area (TPSA) is 181 Å². The van der Waals surface area contributed by atoms with E-state index in [0.717, 1.165) is 18.2 Å². The molecule has 3 rings (SSSR count). The number of esters is 1. The van der Waals surface area contributed by atoms with Gasteiger partial charge in [0.1, 0.15) is 23.3 Å². The number of oxazole rings is 1. The molecule has 2 atom stereocenters. The molecular weight excluding hydrogens is 660 g/mol. The van der Waals surface area contributed by atoms with Crippen LogP contribution in [-0.2, 0) is 19.1 Å². The lowest BCUT2D eigenvalue weighted by Gasteiger charge is -2.21. The lowest BCUT2D eigenvalue weighted by molar-refractivity contribution is -0.140. The number of primary amides is 1. The van der Waals surface area contributed by atoms with Gasteiger partial charge in [-0.3, -0.25) is 14.4 Å². The maximum Gasteiger partial charge on any atom is 0.408 e. The summed E-state index contributed by atoms with van der Waals surface area (Å²) < 4.78 is 80.3. The number of nitrogens with zero attached hydrogens (tertiary/aromatic N) is 1. The van der Waals surface area contributed by atoms with Crippen LogP contribution in [0.25, 0.3) is 11.5 Å². The van der Waals surface area contributed by atoms with Crippen LogP contribution < -0.4 is 25.8 Å². The van der Waals surface area contributed by atoms with E-state index in [9.17, 15) is 36.7 Å². The molecule has 3 amide bonds. The predicted molar refractivity (Wildman–Crippen MR) is 163 cm³/mol. The number of nitrogens with two attached hydrogens (primary N) is 1. The molecule has 0 saturated carbocycles. The number of benzene rings is 2. The molecule has 266 valence electrons. The molecule has 0 bridgehead atoms. The van der Waals surface area contributed by atoms with Gasteiger partial charge in [0, 0.05) is 23.6 Å². The molecule has 0 saturated heterocycles. The summed E-state index contributed by atoms with van der Waals surface area (Å²) in [5, 5.41) is 4.75. The van der Waals surface area contributed by atoms with Crippen LogP contribution in [0.15, 0.2) is 40.8 Å². The number of nitrogens with one attached hydrogen (secondary N) is 2. The van der Waals surface area contributed by atoms with Crippen molar-refractivity contribution in [2.45, 2.75) is 71.3 Å². The molecule has 49 heavy (non-hydrogen) atoms. The maximum absolute atomic E-state index is 14.6. The third-order valence-corrected chi connectivity index (χ3v) is 6.50. The average Bonchev–Trinajstić information content (AvgIpc) is 3.45. The van der Waals surface area contributed by atoms with Gasteiger partial charge in [-0.2, -0.15) is 8.78 Å². The second kappa shape index (κ2) is 16.7. The molecule has 0 radical (unpaired) electrons. The van der Waals surface area contributed by atoms with Crippen LogP contribution in [0.4, 0.5) is 22.4 Å². The van der Waals surface area contributed by atoms with E-state index in [1.807, 2.05) is 0 Å². The Kier molecular flexibility index (Phi) is 13.0. The third kappa shape index (κ3) is 11.1. The number of unbranched alkanes of at least 4 members (excludes halogenated alkanes) is 1. The molecule has 17 heteroatoms. The van der Waals surface area contributed by atoms with Gasteiger partial charge >= 0.3 is 18.7 Å². The largest absolute Gasteiger partial charge is 0.490 e. The summed E-state index contributed by atoms with van der Waals surface area (Å²) in [4.78, 5) is 54.0. The SMILES string of the molecule is COC(=O)CCCCOc1cc(-c2nc(C(=O)NC(C(N)=O)c3ccc(F)cc3F)c([C@H](C)NC(=O)OC(C)(C)C)o2)ccc1OC(F)F. The number of aromatic nitrogens is 1. The highest BCUT2D eigenvalue weighted by Gasteiger charge is 2.31. The zero-order valence-corrected chi connectivity index (χ0v) is 27.2. The van der Waals surface area contributed by atoms with Crippen molar-refractivity contribution < 1.29 is 60.1 Å². The van der Waals surface area contributed by atoms with Gasteiger partial charge in [-0.05, 0) is 64.8 Å². The number of rotatable bonds is 15. The van der Waals surface area contributed by atoms with Crippen LogP contribution in [0.1, 0.15) is 80.9 Å². The van der Waals surface area contributed by atoms with Crippen molar-refractivity contribution >= 4 is 23.9 Å². The first-order valence-corrected chi connectivity index (χ1v) is 14.8. The Bertz CT molecular complexity index is 1660. The van der Waals surface area contributed by atoms with Crippen molar-refractivity contribution in [3.05, 3.63) is 65.1 Å². The number of carbonyl (C=O) groups excluding carboxylic acids is 4. The zero-order chi connectivity index (χ0) is 36.5. The monoisotopic (exact) mass is 696 g/mol. The molecule has 0 aliphatic heterocycles. The van der Waals surface area contributed by atoms with Gasteiger partial charge in [0.25, 0.3) is 5.91 Å². The first kappa shape index (κ1) is 38.1. The molecule has 0 spiro atoms. The number of alkyl carbamates (subject to hydrolysis) is 1. The minimum Gasteiger partial charge on any atom is -0.490 e. The highest BCUT2D eigenvalue weighted by atomic mass is 19.3. The Morgan fingerprint density at radius 2 is 1.71 bits per heavy atom. The molecule has 13 nitrogen and oxygen atoms in total. The van der Waals surface area contributed by atoms with E-state index in [4.69, 9.17) is 19.6 Å². The van der Waals surface area contributed by atoms with Crippen molar-refractivity contribution in [1.29, 1.82) is 0 Å². The Morgan fingerprint density at radius 1 is 1.00 bits per heavy atom. The average molecular weight is 697 g/mol. The van der Waals surface area contributed by atoms with Gasteiger partial charge in [0.15, 0.2) is 23.0 Å². The van der Waals surface area contributed by atoms with Crippen LogP contribution in [0, 0.1) is 11.6 Å². The quantitative estimate of drug-likeness (QED) is 0.105. The molecule has 1 heterocycles. The van der Waals surface area contributed by atoms with Crippen molar-refractivity contribution in [2.75, 3.05) is 13.7 Å². The number of halogens is 4. The fourth-order valence-electron chi connectivity index (χ4n) is 4.30. The number of methoxy groups -OCH3 is 1. The van der Waals surface area contributed by atoms with Gasteiger partial charge in [-0.1, -0.05) is 6.07 Å². The summed E-state index contributed by atoms with van der Waals surface area (Å²) >= 11 is 0. The molecule has 4 N–H and O–H groups in total. The van der Waals surface area contributed by atoms with Gasteiger partial charge < -0.3 is 39.7 Å². The summed E-state index contributed by atoms with van der Waals surface area (Å²) in [5.74, 6) is -5.81. The molecule has 0 fully saturated rings. The second-order valence-electron chi connectivity index (χ2n) is 11.5. The highest BCUT2D eigenvalue weighted by Crippen LogP contribution is 2.35. The van der Waals surface area contributed by atoms with Crippen LogP contribution in [0.3, 0.4) is 0 Å². The van der Waals surface area contributed by atoms with Crippen LogP contribution in [-0.4, -0.2) is 54.8 Å². The van der Waals surface area contributed by atoms with E-state index in [1.54, 1.807) is 20.8 Å². The summed E-state index contributed by atoms with van der Waals surface area (Å²) in [7, 11) is 1.25. The fraction of sp³-hybridized carbons (Fsp3) is 0.406. The van der Waals surface area contributed by atoms with E-state index in [-0.39, 0.29) is 41.7 Å². The fourth-order valence-corrected chi connectivity index (χ4v) is 4.30. The Morgan fingerprint density at radius 3 is 2.33 bits per heavy atom. The smallest absolute Gasteiger partial charge is 0.408 e. The number of ether oxygens (including phenoxy) is 4. The first-order chi connectivity index (χ1) is 23.0. The molecule has 1 aromatic heterocycles. The zero-order valence-electron chi connectivity index (χ0n) is 27.2. The number of hydrogen-bond donors (Lipinski definition) is 3. The van der Waals surface area contributed by atoms with Crippen molar-refractivity contribution in [3.8, 4) is 23.0 Å². The standard InChI is InChI=1S/C32H36F4N4O9/c1-16(38-31(44)49-32(2,3)4)26-25(28(43)39-24(27(37)42)19-11-10-18(33)15-20(19)34)40-29(48-26)17-9-12-21(47-30(35)36)22(14-17)46-13-7-6-8-23(41)45-5/h9-12,14-16,24,30H,6-8,13H2,1-5H3,(H2,37,42)(H,38,44)(H,39,43)/t16-,24?/m0/s1. The summed E-state index contributed by atoms with van der Waals surface area (Å²) in [6.07, 6.45) is -0.0337. The molecule has 3 aromatic rings. The number of alkyl halides is 2. The number of carbonyl (C=O) groups is 4. The summed E-state index contributed by atoms with van der Waals surface area (Å²) in [6, 6.07) is 3.11. The molecule has 0 aliphatic rings. The van der Waals surface area contributed by atoms with Crippen molar-refractivity contribution in [3.63, 3.8) is 0 Å². The minimum atomic E-state index is -3.19. The minimum absolute atomic E-state index is 0.00414. The molecule has 1 unspecified atom stereocenters. The van der Waals surface area contributed by atoms with Crippen LogP contribution >= 0.6 is 0 Å². The molecule has 2 aromatic carbocycles. The second-order valence-corrected chi connectivity index (χ2v) is 11.5. The van der Waals surface area contributed by atoms with E-state index < -0.39 is 71.1 Å². The summed E-state index contributed by atoms with van der Waals surface area (Å²) in [5.41, 5.74) is 3.73. The molecular formula is C32H36F4N4O9. The Hall–Kier alpha value is -5.35. The lowest BCUT2D eigenvalue weighted by Crippen LogP contribution is -2.39. The molecule has 0 aliphatic carbocycles.